The van der Waals surface area contributed by atoms with Crippen molar-refractivity contribution in [1.29, 1.82) is 0 Å². The number of nitrogens with zero attached hydrogens (tertiary/aromatic N) is 4. The lowest BCUT2D eigenvalue weighted by Gasteiger charge is -2.06. The van der Waals surface area contributed by atoms with Gasteiger partial charge in [-0.15, -0.1) is 5.10 Å². The first-order chi connectivity index (χ1) is 13.1. The lowest BCUT2D eigenvalue weighted by molar-refractivity contribution is -0.117. The zero-order valence-electron chi connectivity index (χ0n) is 14.1. The maximum atomic E-state index is 12.1. The standard InChI is InChI=1S/C17H14ClN5O3S/c1-26-14-8-2-11(3-9-14)16(25)19-15(24)10-27-17-20-21-22-23(17)13-6-4-12(18)5-7-13/h2-9H,10H2,1H3,(H,19,24,25). The van der Waals surface area contributed by atoms with E-state index < -0.39 is 11.8 Å². The van der Waals surface area contributed by atoms with E-state index in [2.05, 4.69) is 20.8 Å². The Bertz CT molecular complexity index is 944. The Morgan fingerprint density at radius 2 is 1.85 bits per heavy atom. The molecule has 0 saturated carbocycles. The van der Waals surface area contributed by atoms with Crippen LogP contribution in [-0.2, 0) is 4.79 Å². The van der Waals surface area contributed by atoms with Crippen LogP contribution in [0.15, 0.2) is 53.7 Å². The predicted molar refractivity (Wildman–Crippen MR) is 100 cm³/mol. The second-order valence-electron chi connectivity index (χ2n) is 5.24. The van der Waals surface area contributed by atoms with Crippen LogP contribution in [0.4, 0.5) is 0 Å². The van der Waals surface area contributed by atoms with Gasteiger partial charge in [-0.25, -0.2) is 0 Å². The Balaban J connectivity index is 1.59. The Hall–Kier alpha value is -2.91. The van der Waals surface area contributed by atoms with E-state index in [0.29, 0.717) is 27.2 Å². The molecular weight excluding hydrogens is 390 g/mol. The highest BCUT2D eigenvalue weighted by Gasteiger charge is 2.14. The number of tetrazole rings is 1. The number of aromatic nitrogens is 4. The molecule has 0 aliphatic rings. The van der Waals surface area contributed by atoms with Crippen LogP contribution in [0.2, 0.25) is 5.02 Å². The number of hydrogen-bond donors (Lipinski definition) is 1. The molecule has 0 radical (unpaired) electrons. The molecular formula is C17H14ClN5O3S. The Kier molecular flexibility index (Phi) is 6.05. The lowest BCUT2D eigenvalue weighted by Crippen LogP contribution is -2.31. The zero-order chi connectivity index (χ0) is 19.2. The molecule has 3 rings (SSSR count). The van der Waals surface area contributed by atoms with Gasteiger partial charge in [0.2, 0.25) is 11.1 Å². The van der Waals surface area contributed by atoms with Crippen molar-refractivity contribution in [3.05, 3.63) is 59.1 Å². The fourth-order valence-corrected chi connectivity index (χ4v) is 2.94. The van der Waals surface area contributed by atoms with Crippen molar-refractivity contribution in [3.63, 3.8) is 0 Å². The van der Waals surface area contributed by atoms with E-state index in [1.165, 1.54) is 11.8 Å². The van der Waals surface area contributed by atoms with Crippen LogP contribution in [0.3, 0.4) is 0 Å². The summed E-state index contributed by atoms with van der Waals surface area (Å²) in [7, 11) is 1.54. The van der Waals surface area contributed by atoms with Crippen molar-refractivity contribution in [2.24, 2.45) is 0 Å². The van der Waals surface area contributed by atoms with Crippen molar-refractivity contribution in [2.45, 2.75) is 5.16 Å². The summed E-state index contributed by atoms with van der Waals surface area (Å²) in [6, 6.07) is 13.4. The molecule has 1 aromatic heterocycles. The van der Waals surface area contributed by atoms with E-state index in [1.807, 2.05) is 0 Å². The van der Waals surface area contributed by atoms with Crippen molar-refractivity contribution < 1.29 is 14.3 Å². The fourth-order valence-electron chi connectivity index (χ4n) is 2.12. The maximum Gasteiger partial charge on any atom is 0.257 e. The number of amides is 2. The highest BCUT2D eigenvalue weighted by Crippen LogP contribution is 2.19. The van der Waals surface area contributed by atoms with E-state index in [4.69, 9.17) is 16.3 Å². The number of nitrogens with one attached hydrogen (secondary N) is 1. The monoisotopic (exact) mass is 403 g/mol. The van der Waals surface area contributed by atoms with Crippen molar-refractivity contribution in [2.75, 3.05) is 12.9 Å². The minimum absolute atomic E-state index is 0.0180. The molecule has 0 fully saturated rings. The largest absolute Gasteiger partial charge is 0.497 e. The minimum atomic E-state index is -0.486. The molecule has 0 bridgehead atoms. The molecule has 2 amide bonds. The summed E-state index contributed by atoms with van der Waals surface area (Å²) in [5.74, 6) is -0.329. The Morgan fingerprint density at radius 3 is 2.52 bits per heavy atom. The molecule has 0 atom stereocenters. The van der Waals surface area contributed by atoms with E-state index in [-0.39, 0.29) is 5.75 Å². The number of ether oxygens (including phenoxy) is 1. The molecule has 0 unspecified atom stereocenters. The van der Waals surface area contributed by atoms with Gasteiger partial charge in [0, 0.05) is 10.6 Å². The first-order valence-electron chi connectivity index (χ1n) is 7.72. The van der Waals surface area contributed by atoms with Crippen LogP contribution in [-0.4, -0.2) is 44.9 Å². The highest BCUT2D eigenvalue weighted by molar-refractivity contribution is 7.99. The maximum absolute atomic E-state index is 12.1. The number of methoxy groups -OCH3 is 1. The van der Waals surface area contributed by atoms with Crippen LogP contribution < -0.4 is 10.1 Å². The summed E-state index contributed by atoms with van der Waals surface area (Å²) in [6.45, 7) is 0. The summed E-state index contributed by atoms with van der Waals surface area (Å²) in [5, 5.41) is 14.8. The van der Waals surface area contributed by atoms with Crippen LogP contribution in [0.1, 0.15) is 10.4 Å². The van der Waals surface area contributed by atoms with E-state index in [0.717, 1.165) is 11.8 Å². The van der Waals surface area contributed by atoms with Crippen LogP contribution >= 0.6 is 23.4 Å². The van der Waals surface area contributed by atoms with Gasteiger partial charge in [0.25, 0.3) is 5.91 Å². The van der Waals surface area contributed by atoms with Gasteiger partial charge in [-0.2, -0.15) is 4.68 Å². The third kappa shape index (κ3) is 4.83. The second kappa shape index (κ2) is 8.65. The van der Waals surface area contributed by atoms with Gasteiger partial charge in [-0.1, -0.05) is 23.4 Å². The number of carbonyl (C=O) groups is 2. The molecule has 2 aromatic carbocycles. The highest BCUT2D eigenvalue weighted by atomic mass is 35.5. The Morgan fingerprint density at radius 1 is 1.15 bits per heavy atom. The van der Waals surface area contributed by atoms with E-state index >= 15 is 0 Å². The van der Waals surface area contributed by atoms with Crippen molar-refractivity contribution >= 4 is 35.2 Å². The number of hydrogen-bond acceptors (Lipinski definition) is 7. The predicted octanol–water partition coefficient (Wildman–Crippen LogP) is 2.37. The average molecular weight is 404 g/mol. The molecule has 8 nitrogen and oxygen atoms in total. The van der Waals surface area contributed by atoms with Gasteiger partial charge in [0.1, 0.15) is 5.75 Å². The molecule has 1 N–H and O–H groups in total. The van der Waals surface area contributed by atoms with Gasteiger partial charge in [0.05, 0.1) is 18.6 Å². The third-order valence-corrected chi connectivity index (χ3v) is 4.62. The van der Waals surface area contributed by atoms with Gasteiger partial charge in [-0.3, -0.25) is 14.9 Å². The minimum Gasteiger partial charge on any atom is -0.497 e. The number of carbonyl (C=O) groups excluding carboxylic acids is 2. The molecule has 0 saturated heterocycles. The average Bonchev–Trinajstić information content (AvgIpc) is 3.15. The lowest BCUT2D eigenvalue weighted by atomic mass is 10.2. The van der Waals surface area contributed by atoms with Gasteiger partial charge >= 0.3 is 0 Å². The SMILES string of the molecule is COc1ccc(C(=O)NC(=O)CSc2nnnn2-c2ccc(Cl)cc2)cc1. The summed E-state index contributed by atoms with van der Waals surface area (Å²) in [6.07, 6.45) is 0. The van der Waals surface area contributed by atoms with Gasteiger partial charge in [-0.05, 0) is 59.0 Å². The molecule has 3 aromatic rings. The van der Waals surface area contributed by atoms with Crippen molar-refractivity contribution in [3.8, 4) is 11.4 Å². The second-order valence-corrected chi connectivity index (χ2v) is 6.62. The van der Waals surface area contributed by atoms with Crippen molar-refractivity contribution in [1.82, 2.24) is 25.5 Å². The molecule has 0 aliphatic carbocycles. The topological polar surface area (TPSA) is 99.0 Å². The number of benzene rings is 2. The summed E-state index contributed by atoms with van der Waals surface area (Å²) < 4.78 is 6.52. The number of imide groups is 1. The zero-order valence-corrected chi connectivity index (χ0v) is 15.7. The molecule has 138 valence electrons. The fraction of sp³-hybridized carbons (Fsp3) is 0.118. The summed E-state index contributed by atoms with van der Waals surface area (Å²) in [5.41, 5.74) is 1.07. The number of thioether (sulfide) groups is 1. The first kappa shape index (κ1) is 18.9. The molecule has 10 heteroatoms. The number of halogens is 1. The van der Waals surface area contributed by atoms with E-state index in [9.17, 15) is 9.59 Å². The molecule has 27 heavy (non-hydrogen) atoms. The molecule has 0 aliphatic heterocycles. The van der Waals surface area contributed by atoms with E-state index in [1.54, 1.807) is 48.5 Å². The normalized spacial score (nSPS) is 10.4. The molecule has 0 spiro atoms. The van der Waals surface area contributed by atoms with Crippen LogP contribution in [0, 0.1) is 0 Å². The summed E-state index contributed by atoms with van der Waals surface area (Å²) in [4.78, 5) is 24.2. The van der Waals surface area contributed by atoms with Gasteiger partial charge in [0.15, 0.2) is 0 Å². The van der Waals surface area contributed by atoms with Crippen LogP contribution in [0.25, 0.3) is 5.69 Å². The Labute approximate surface area is 163 Å². The first-order valence-corrected chi connectivity index (χ1v) is 9.08. The summed E-state index contributed by atoms with van der Waals surface area (Å²) >= 11 is 6.99. The quantitative estimate of drug-likeness (QED) is 0.631. The smallest absolute Gasteiger partial charge is 0.257 e. The third-order valence-electron chi connectivity index (χ3n) is 3.45. The molecule has 1 heterocycles. The number of rotatable bonds is 6. The van der Waals surface area contributed by atoms with Crippen LogP contribution in [0.5, 0.6) is 5.75 Å². The van der Waals surface area contributed by atoms with Gasteiger partial charge < -0.3 is 4.74 Å².